The molecule has 1 amide bonds. The maximum atomic E-state index is 13.0. The van der Waals surface area contributed by atoms with Crippen molar-refractivity contribution in [3.8, 4) is 0 Å². The molecule has 4 nitrogen and oxygen atoms in total. The normalized spacial score (nSPS) is 11.8. The lowest BCUT2D eigenvalue weighted by Crippen LogP contribution is -2.34. The number of carbonyl (C=O) groups excluding carboxylic acids is 2. The highest BCUT2D eigenvalue weighted by Gasteiger charge is 2.17. The number of amides is 1. The monoisotopic (exact) mass is 337 g/mol. The summed E-state index contributed by atoms with van der Waals surface area (Å²) in [4.78, 5) is 22.7. The number of nitrogens with one attached hydrogen (secondary N) is 1. The number of esters is 1. The number of rotatable bonds is 4. The molecule has 0 saturated carbocycles. The fourth-order valence-corrected chi connectivity index (χ4v) is 1.68. The zero-order valence-corrected chi connectivity index (χ0v) is 11.7. The quantitative estimate of drug-likeness (QED) is 0.676. The zero-order valence-electron chi connectivity index (χ0n) is 9.38. The summed E-state index contributed by atoms with van der Waals surface area (Å²) in [5.41, 5.74) is 0.261. The first-order chi connectivity index (χ1) is 8.45. The molecule has 1 aromatic carbocycles. The predicted molar refractivity (Wildman–Crippen MR) is 68.1 cm³/mol. The summed E-state index contributed by atoms with van der Waals surface area (Å²) in [5, 5.41) is 1.49. The highest BCUT2D eigenvalue weighted by atomic mass is 79.9. The largest absolute Gasteiger partial charge is 0.468 e. The molecular formula is C11H10BrClFNO3. The first-order valence-electron chi connectivity index (χ1n) is 4.91. The second kappa shape index (κ2) is 6.70. The van der Waals surface area contributed by atoms with Gasteiger partial charge in [-0.05, 0) is 34.1 Å². The van der Waals surface area contributed by atoms with E-state index in [1.807, 2.05) is 0 Å². The Morgan fingerprint density at radius 3 is 2.78 bits per heavy atom. The van der Waals surface area contributed by atoms with Crippen LogP contribution in [0.25, 0.3) is 0 Å². The Kier molecular flexibility index (Phi) is 5.55. The Morgan fingerprint density at radius 1 is 1.56 bits per heavy atom. The Bertz CT molecular complexity index is 470. The lowest BCUT2D eigenvalue weighted by atomic mass is 10.2. The molecule has 1 aromatic rings. The molecule has 0 aliphatic rings. The molecule has 0 aromatic heterocycles. The van der Waals surface area contributed by atoms with E-state index in [1.54, 1.807) is 0 Å². The van der Waals surface area contributed by atoms with Gasteiger partial charge in [0.05, 0.1) is 11.6 Å². The molecule has 18 heavy (non-hydrogen) atoms. The van der Waals surface area contributed by atoms with Crippen molar-refractivity contribution in [2.45, 2.75) is 5.38 Å². The van der Waals surface area contributed by atoms with Crippen molar-refractivity contribution in [1.29, 1.82) is 0 Å². The SMILES string of the molecule is COC(=O)C(Cl)CNC(=O)c1ccc(F)c(Br)c1. The van der Waals surface area contributed by atoms with Gasteiger partial charge in [0.2, 0.25) is 0 Å². The molecule has 1 rings (SSSR count). The Balaban J connectivity index is 2.60. The van der Waals surface area contributed by atoms with Gasteiger partial charge in [-0.25, -0.2) is 4.39 Å². The number of ether oxygens (including phenoxy) is 1. The van der Waals surface area contributed by atoms with Crippen molar-refractivity contribution in [2.75, 3.05) is 13.7 Å². The van der Waals surface area contributed by atoms with E-state index in [9.17, 15) is 14.0 Å². The lowest BCUT2D eigenvalue weighted by Gasteiger charge is -2.09. The second-order valence-electron chi connectivity index (χ2n) is 3.33. The van der Waals surface area contributed by atoms with E-state index in [0.717, 1.165) is 6.07 Å². The highest BCUT2D eigenvalue weighted by Crippen LogP contribution is 2.16. The first-order valence-corrected chi connectivity index (χ1v) is 6.13. The van der Waals surface area contributed by atoms with Crippen molar-refractivity contribution < 1.29 is 18.7 Å². The Hall–Kier alpha value is -1.14. The van der Waals surface area contributed by atoms with Gasteiger partial charge in [0.15, 0.2) is 0 Å². The number of halogens is 3. The molecule has 1 unspecified atom stereocenters. The molecule has 7 heteroatoms. The van der Waals surface area contributed by atoms with Gasteiger partial charge in [-0.15, -0.1) is 11.6 Å². The van der Waals surface area contributed by atoms with Crippen molar-refractivity contribution >= 4 is 39.4 Å². The van der Waals surface area contributed by atoms with E-state index in [-0.39, 0.29) is 16.6 Å². The summed E-state index contributed by atoms with van der Waals surface area (Å²) in [5.74, 6) is -1.54. The number of carbonyl (C=O) groups is 2. The fraction of sp³-hybridized carbons (Fsp3) is 0.273. The Labute approximate surface area is 117 Å². The van der Waals surface area contributed by atoms with Crippen LogP contribution in [-0.2, 0) is 9.53 Å². The molecule has 0 fully saturated rings. The van der Waals surface area contributed by atoms with E-state index < -0.39 is 23.1 Å². The van der Waals surface area contributed by atoms with Crippen LogP contribution in [0.4, 0.5) is 4.39 Å². The topological polar surface area (TPSA) is 55.4 Å². The van der Waals surface area contributed by atoms with Crippen LogP contribution in [0.1, 0.15) is 10.4 Å². The van der Waals surface area contributed by atoms with Crippen molar-refractivity contribution in [2.24, 2.45) is 0 Å². The van der Waals surface area contributed by atoms with Gasteiger partial charge in [0.1, 0.15) is 11.2 Å². The lowest BCUT2D eigenvalue weighted by molar-refractivity contribution is -0.140. The third-order valence-corrected chi connectivity index (χ3v) is 3.02. The molecule has 0 spiro atoms. The van der Waals surface area contributed by atoms with Crippen LogP contribution in [0.2, 0.25) is 0 Å². The van der Waals surface area contributed by atoms with Gasteiger partial charge in [0.25, 0.3) is 5.91 Å². The molecule has 0 radical (unpaired) electrons. The number of benzene rings is 1. The molecule has 0 saturated heterocycles. The standard InChI is InChI=1S/C11H10BrClFNO3/c1-18-11(17)8(13)5-15-10(16)6-2-3-9(14)7(12)4-6/h2-4,8H,5H2,1H3,(H,15,16). The summed E-state index contributed by atoms with van der Waals surface area (Å²) in [6.45, 7) is -0.0674. The van der Waals surface area contributed by atoms with Gasteiger partial charge in [0, 0.05) is 12.1 Å². The van der Waals surface area contributed by atoms with Crippen LogP contribution in [-0.4, -0.2) is 30.9 Å². The van der Waals surface area contributed by atoms with Gasteiger partial charge >= 0.3 is 5.97 Å². The minimum atomic E-state index is -0.956. The average Bonchev–Trinajstić information content (AvgIpc) is 2.37. The number of hydrogen-bond donors (Lipinski definition) is 1. The van der Waals surface area contributed by atoms with E-state index in [4.69, 9.17) is 11.6 Å². The van der Waals surface area contributed by atoms with Crippen molar-refractivity contribution in [3.05, 3.63) is 34.1 Å². The second-order valence-corrected chi connectivity index (χ2v) is 4.71. The third-order valence-electron chi connectivity index (χ3n) is 2.08. The van der Waals surface area contributed by atoms with Crippen LogP contribution in [0.15, 0.2) is 22.7 Å². The van der Waals surface area contributed by atoms with Crippen molar-refractivity contribution in [1.82, 2.24) is 5.32 Å². The molecule has 0 aliphatic carbocycles. The summed E-state index contributed by atoms with van der Waals surface area (Å²) in [7, 11) is 1.20. The molecule has 1 atom stereocenters. The Morgan fingerprint density at radius 2 is 2.22 bits per heavy atom. The molecular weight excluding hydrogens is 328 g/mol. The van der Waals surface area contributed by atoms with E-state index in [1.165, 1.54) is 19.2 Å². The van der Waals surface area contributed by atoms with E-state index in [0.29, 0.717) is 0 Å². The summed E-state index contributed by atoms with van der Waals surface area (Å²) in [6.07, 6.45) is 0. The van der Waals surface area contributed by atoms with Crippen LogP contribution in [0.5, 0.6) is 0 Å². The minimum absolute atomic E-state index is 0.0674. The smallest absolute Gasteiger partial charge is 0.325 e. The van der Waals surface area contributed by atoms with E-state index in [2.05, 4.69) is 26.0 Å². The van der Waals surface area contributed by atoms with Crippen LogP contribution >= 0.6 is 27.5 Å². The summed E-state index contributed by atoms with van der Waals surface area (Å²) in [6, 6.07) is 3.83. The molecule has 0 aliphatic heterocycles. The zero-order chi connectivity index (χ0) is 13.7. The molecule has 98 valence electrons. The van der Waals surface area contributed by atoms with Gasteiger partial charge in [-0.2, -0.15) is 0 Å². The van der Waals surface area contributed by atoms with Crippen LogP contribution < -0.4 is 5.32 Å². The fourth-order valence-electron chi connectivity index (χ4n) is 1.13. The number of hydrogen-bond acceptors (Lipinski definition) is 3. The minimum Gasteiger partial charge on any atom is -0.468 e. The third kappa shape index (κ3) is 3.96. The van der Waals surface area contributed by atoms with Gasteiger partial charge in [-0.1, -0.05) is 0 Å². The van der Waals surface area contributed by atoms with Crippen LogP contribution in [0.3, 0.4) is 0 Å². The maximum absolute atomic E-state index is 13.0. The molecule has 0 heterocycles. The highest BCUT2D eigenvalue weighted by molar-refractivity contribution is 9.10. The number of alkyl halides is 1. The predicted octanol–water partition coefficient (Wildman–Crippen LogP) is 2.10. The molecule has 0 bridgehead atoms. The first kappa shape index (κ1) is 14.9. The van der Waals surface area contributed by atoms with E-state index >= 15 is 0 Å². The maximum Gasteiger partial charge on any atom is 0.325 e. The van der Waals surface area contributed by atoms with Crippen molar-refractivity contribution in [3.63, 3.8) is 0 Å². The molecule has 1 N–H and O–H groups in total. The average molecular weight is 339 g/mol. The van der Waals surface area contributed by atoms with Gasteiger partial charge in [-0.3, -0.25) is 9.59 Å². The van der Waals surface area contributed by atoms with Gasteiger partial charge < -0.3 is 10.1 Å². The summed E-state index contributed by atoms with van der Waals surface area (Å²) >= 11 is 8.63. The van der Waals surface area contributed by atoms with Crippen LogP contribution in [0, 0.1) is 5.82 Å². The number of methoxy groups -OCH3 is 1. The summed E-state index contributed by atoms with van der Waals surface area (Å²) < 4.78 is 17.6.